The minimum atomic E-state index is -0.436. The molecule has 3 amide bonds. The minimum Gasteiger partial charge on any atom is -0.338 e. The van der Waals surface area contributed by atoms with Crippen LogP contribution in [0.1, 0.15) is 33.6 Å². The normalized spacial score (nSPS) is 24.4. The van der Waals surface area contributed by atoms with E-state index in [1.165, 1.54) is 0 Å². The van der Waals surface area contributed by atoms with E-state index in [9.17, 15) is 9.59 Å². The minimum absolute atomic E-state index is 0. The van der Waals surface area contributed by atoms with E-state index in [1.807, 2.05) is 13.8 Å². The molecule has 1 aliphatic rings. The van der Waals surface area contributed by atoms with Crippen LogP contribution in [0.3, 0.4) is 0 Å². The summed E-state index contributed by atoms with van der Waals surface area (Å²) in [6, 6.07) is -0.545. The number of nitrogens with two attached hydrogens (primary N) is 1. The van der Waals surface area contributed by atoms with Gasteiger partial charge in [0.1, 0.15) is 0 Å². The standard InChI is InChI=1S/C13H26N4O2.ClH/c1-4-15-13(19)16-12(18)10(3)17-6-5-9(2)7-11(17)8-14;/h9-11H,4-8,14H2,1-3H3,(H2,15,16,18,19);1H. The fourth-order valence-corrected chi connectivity index (χ4v) is 2.58. The van der Waals surface area contributed by atoms with Gasteiger partial charge < -0.3 is 11.1 Å². The molecule has 1 rings (SSSR count). The van der Waals surface area contributed by atoms with Gasteiger partial charge in [0.05, 0.1) is 6.04 Å². The fraction of sp³-hybridized carbons (Fsp3) is 0.846. The van der Waals surface area contributed by atoms with E-state index >= 15 is 0 Å². The van der Waals surface area contributed by atoms with Gasteiger partial charge in [-0.1, -0.05) is 6.92 Å². The number of hydrogen-bond acceptors (Lipinski definition) is 4. The number of likely N-dealkylation sites (tertiary alicyclic amines) is 1. The second kappa shape index (κ2) is 9.15. The van der Waals surface area contributed by atoms with Crippen LogP contribution in [-0.2, 0) is 4.79 Å². The molecule has 1 aliphatic heterocycles. The molecule has 20 heavy (non-hydrogen) atoms. The van der Waals surface area contributed by atoms with E-state index in [-0.39, 0.29) is 30.4 Å². The molecule has 1 saturated heterocycles. The maximum Gasteiger partial charge on any atom is 0.321 e. The van der Waals surface area contributed by atoms with Crippen LogP contribution in [0.25, 0.3) is 0 Å². The number of hydrogen-bond donors (Lipinski definition) is 3. The molecule has 0 aromatic rings. The summed E-state index contributed by atoms with van der Waals surface area (Å²) in [5.74, 6) is 0.377. The van der Waals surface area contributed by atoms with Gasteiger partial charge in [-0.2, -0.15) is 0 Å². The molecule has 118 valence electrons. The van der Waals surface area contributed by atoms with Gasteiger partial charge in [0.25, 0.3) is 0 Å². The largest absolute Gasteiger partial charge is 0.338 e. The first kappa shape index (κ1) is 19.1. The Hall–Kier alpha value is -0.850. The maximum atomic E-state index is 12.0. The van der Waals surface area contributed by atoms with Gasteiger partial charge >= 0.3 is 6.03 Å². The zero-order valence-electron chi connectivity index (χ0n) is 12.5. The summed E-state index contributed by atoms with van der Waals surface area (Å²) in [7, 11) is 0. The van der Waals surface area contributed by atoms with Crippen LogP contribution >= 0.6 is 12.4 Å². The van der Waals surface area contributed by atoms with E-state index in [1.54, 1.807) is 0 Å². The van der Waals surface area contributed by atoms with Gasteiger partial charge in [0, 0.05) is 19.1 Å². The lowest BCUT2D eigenvalue weighted by atomic mass is 9.91. The third kappa shape index (κ3) is 5.26. The molecule has 0 spiro atoms. The van der Waals surface area contributed by atoms with Crippen LogP contribution in [0.4, 0.5) is 4.79 Å². The molecule has 1 fully saturated rings. The molecule has 1 heterocycles. The van der Waals surface area contributed by atoms with Crippen molar-refractivity contribution in [1.29, 1.82) is 0 Å². The molecule has 0 saturated carbocycles. The first-order valence-electron chi connectivity index (χ1n) is 7.04. The number of carbonyl (C=O) groups excluding carboxylic acids is 2. The van der Waals surface area contributed by atoms with Gasteiger partial charge in [0.2, 0.25) is 5.91 Å². The molecular weight excluding hydrogens is 280 g/mol. The molecule has 3 unspecified atom stereocenters. The Bertz CT molecular complexity index is 327. The van der Waals surface area contributed by atoms with E-state index in [4.69, 9.17) is 5.73 Å². The number of nitrogens with zero attached hydrogens (tertiary/aromatic N) is 1. The van der Waals surface area contributed by atoms with Crippen LogP contribution in [0.2, 0.25) is 0 Å². The topological polar surface area (TPSA) is 87.5 Å². The van der Waals surface area contributed by atoms with Gasteiger partial charge in [0.15, 0.2) is 0 Å². The number of halogens is 1. The molecule has 4 N–H and O–H groups in total. The summed E-state index contributed by atoms with van der Waals surface area (Å²) in [6.07, 6.45) is 2.07. The molecular formula is C13H27ClN4O2. The number of piperidine rings is 1. The lowest BCUT2D eigenvalue weighted by Gasteiger charge is -2.40. The van der Waals surface area contributed by atoms with Crippen molar-refractivity contribution in [3.8, 4) is 0 Å². The van der Waals surface area contributed by atoms with Crippen LogP contribution in [-0.4, -0.2) is 48.6 Å². The SMILES string of the molecule is CCNC(=O)NC(=O)C(C)N1CCC(C)CC1CN.Cl. The molecule has 0 radical (unpaired) electrons. The van der Waals surface area contributed by atoms with Crippen LogP contribution in [0, 0.1) is 5.92 Å². The van der Waals surface area contributed by atoms with Crippen molar-refractivity contribution in [1.82, 2.24) is 15.5 Å². The average Bonchev–Trinajstić information content (AvgIpc) is 2.37. The predicted molar refractivity (Wildman–Crippen MR) is 81.9 cm³/mol. The number of amides is 3. The zero-order valence-corrected chi connectivity index (χ0v) is 13.3. The van der Waals surface area contributed by atoms with Crippen molar-refractivity contribution in [3.05, 3.63) is 0 Å². The lowest BCUT2D eigenvalue weighted by Crippen LogP contribution is -2.56. The van der Waals surface area contributed by atoms with Crippen molar-refractivity contribution in [2.45, 2.75) is 45.7 Å². The number of nitrogens with one attached hydrogen (secondary N) is 2. The van der Waals surface area contributed by atoms with E-state index < -0.39 is 6.03 Å². The van der Waals surface area contributed by atoms with Crippen molar-refractivity contribution in [2.24, 2.45) is 11.7 Å². The highest BCUT2D eigenvalue weighted by molar-refractivity contribution is 5.96. The summed E-state index contributed by atoms with van der Waals surface area (Å²) in [5, 5.41) is 4.91. The molecule has 0 bridgehead atoms. The first-order valence-corrected chi connectivity index (χ1v) is 7.04. The van der Waals surface area contributed by atoms with Crippen LogP contribution < -0.4 is 16.4 Å². The predicted octanol–water partition coefficient (Wildman–Crippen LogP) is 0.702. The summed E-state index contributed by atoms with van der Waals surface area (Å²) >= 11 is 0. The average molecular weight is 307 g/mol. The summed E-state index contributed by atoms with van der Waals surface area (Å²) in [6.45, 7) is 7.74. The Balaban J connectivity index is 0.00000361. The number of rotatable bonds is 4. The number of imide groups is 1. The highest BCUT2D eigenvalue weighted by Gasteiger charge is 2.32. The van der Waals surface area contributed by atoms with Gasteiger partial charge in [-0.3, -0.25) is 15.0 Å². The lowest BCUT2D eigenvalue weighted by molar-refractivity contribution is -0.126. The number of carbonyl (C=O) groups is 2. The summed E-state index contributed by atoms with van der Waals surface area (Å²) < 4.78 is 0. The quantitative estimate of drug-likeness (QED) is 0.713. The van der Waals surface area contributed by atoms with E-state index in [2.05, 4.69) is 22.5 Å². The van der Waals surface area contributed by atoms with Crippen molar-refractivity contribution in [3.63, 3.8) is 0 Å². The van der Waals surface area contributed by atoms with Crippen molar-refractivity contribution in [2.75, 3.05) is 19.6 Å². The molecule has 0 aromatic heterocycles. The van der Waals surface area contributed by atoms with Crippen molar-refractivity contribution >= 4 is 24.3 Å². The Kier molecular flexibility index (Phi) is 8.76. The Labute approximate surface area is 127 Å². The number of urea groups is 1. The van der Waals surface area contributed by atoms with E-state index in [0.29, 0.717) is 19.0 Å². The van der Waals surface area contributed by atoms with Gasteiger partial charge in [-0.15, -0.1) is 12.4 Å². The smallest absolute Gasteiger partial charge is 0.321 e. The maximum absolute atomic E-state index is 12.0. The van der Waals surface area contributed by atoms with Gasteiger partial charge in [-0.25, -0.2) is 4.79 Å². The second-order valence-electron chi connectivity index (χ2n) is 5.28. The molecule has 6 nitrogen and oxygen atoms in total. The molecule has 7 heteroatoms. The molecule has 3 atom stereocenters. The summed E-state index contributed by atoms with van der Waals surface area (Å²) in [5.41, 5.74) is 5.79. The van der Waals surface area contributed by atoms with E-state index in [0.717, 1.165) is 19.4 Å². The van der Waals surface area contributed by atoms with Crippen LogP contribution in [0.5, 0.6) is 0 Å². The van der Waals surface area contributed by atoms with Crippen molar-refractivity contribution < 1.29 is 9.59 Å². The molecule has 0 aliphatic carbocycles. The highest BCUT2D eigenvalue weighted by Crippen LogP contribution is 2.23. The fourth-order valence-electron chi connectivity index (χ4n) is 2.58. The van der Waals surface area contributed by atoms with Gasteiger partial charge in [-0.05, 0) is 39.2 Å². The Morgan fingerprint density at radius 3 is 2.65 bits per heavy atom. The Morgan fingerprint density at radius 1 is 1.45 bits per heavy atom. The first-order chi connectivity index (χ1) is 8.99. The van der Waals surface area contributed by atoms with Crippen LogP contribution in [0.15, 0.2) is 0 Å². The Morgan fingerprint density at radius 2 is 2.10 bits per heavy atom. The zero-order chi connectivity index (χ0) is 14.4. The second-order valence-corrected chi connectivity index (χ2v) is 5.28. The molecule has 0 aromatic carbocycles. The third-order valence-corrected chi connectivity index (χ3v) is 3.75. The summed E-state index contributed by atoms with van der Waals surface area (Å²) in [4.78, 5) is 25.5. The monoisotopic (exact) mass is 306 g/mol. The third-order valence-electron chi connectivity index (χ3n) is 3.75. The highest BCUT2D eigenvalue weighted by atomic mass is 35.5.